The van der Waals surface area contributed by atoms with Gasteiger partial charge in [-0.1, -0.05) is 18.5 Å². The highest BCUT2D eigenvalue weighted by Gasteiger charge is 2.36. The molecule has 0 aliphatic carbocycles. The lowest BCUT2D eigenvalue weighted by Crippen LogP contribution is -2.35. The van der Waals surface area contributed by atoms with Crippen molar-refractivity contribution in [2.45, 2.75) is 31.7 Å². The van der Waals surface area contributed by atoms with E-state index < -0.39 is 0 Å². The first kappa shape index (κ1) is 11.1. The van der Waals surface area contributed by atoms with Gasteiger partial charge in [-0.15, -0.1) is 0 Å². The van der Waals surface area contributed by atoms with E-state index in [1.807, 2.05) is 18.2 Å². The second-order valence-electron chi connectivity index (χ2n) is 4.76. The lowest BCUT2D eigenvalue weighted by molar-refractivity contribution is 0.306. The highest BCUT2D eigenvalue weighted by molar-refractivity contribution is 6.31. The Balaban J connectivity index is 2.11. The molecule has 1 aromatic heterocycles. The number of nitrogens with one attached hydrogen (secondary N) is 1. The Morgan fingerprint density at radius 2 is 2.29 bits per heavy atom. The SMILES string of the molecule is CCC1(c2cc3cc(Cl)ccc3o2)CCCN1. The molecule has 1 aliphatic rings. The Morgan fingerprint density at radius 3 is 3.00 bits per heavy atom. The Bertz CT molecular complexity index is 540. The van der Waals surface area contributed by atoms with Crippen LogP contribution in [0.15, 0.2) is 28.7 Å². The van der Waals surface area contributed by atoms with Crippen LogP contribution < -0.4 is 5.32 Å². The van der Waals surface area contributed by atoms with Crippen LogP contribution in [0, 0.1) is 0 Å². The van der Waals surface area contributed by atoms with Crippen LogP contribution in [0.4, 0.5) is 0 Å². The monoisotopic (exact) mass is 249 g/mol. The van der Waals surface area contributed by atoms with Gasteiger partial charge in [0.05, 0.1) is 5.54 Å². The molecule has 17 heavy (non-hydrogen) atoms. The molecule has 3 heteroatoms. The molecule has 0 radical (unpaired) electrons. The van der Waals surface area contributed by atoms with Crippen LogP contribution in [0.2, 0.25) is 5.02 Å². The number of furan rings is 1. The summed E-state index contributed by atoms with van der Waals surface area (Å²) in [5, 5.41) is 5.44. The quantitative estimate of drug-likeness (QED) is 0.868. The normalized spacial score (nSPS) is 24.6. The summed E-state index contributed by atoms with van der Waals surface area (Å²) >= 11 is 6.00. The van der Waals surface area contributed by atoms with Crippen LogP contribution in [0.25, 0.3) is 11.0 Å². The first-order valence-corrected chi connectivity index (χ1v) is 6.56. The van der Waals surface area contributed by atoms with Crippen molar-refractivity contribution in [3.8, 4) is 0 Å². The molecule has 1 aliphatic heterocycles. The average Bonchev–Trinajstić information content (AvgIpc) is 2.94. The molecule has 1 saturated heterocycles. The molecule has 1 atom stereocenters. The van der Waals surface area contributed by atoms with Crippen molar-refractivity contribution in [1.82, 2.24) is 5.32 Å². The summed E-state index contributed by atoms with van der Waals surface area (Å²) in [5.41, 5.74) is 0.955. The fraction of sp³-hybridized carbons (Fsp3) is 0.429. The minimum absolute atomic E-state index is 0.0332. The summed E-state index contributed by atoms with van der Waals surface area (Å²) in [5.74, 6) is 1.05. The molecule has 0 saturated carbocycles. The molecule has 0 spiro atoms. The largest absolute Gasteiger partial charge is 0.459 e. The van der Waals surface area contributed by atoms with Crippen LogP contribution in [-0.4, -0.2) is 6.54 Å². The van der Waals surface area contributed by atoms with E-state index in [1.165, 1.54) is 6.42 Å². The van der Waals surface area contributed by atoms with E-state index in [1.54, 1.807) is 0 Å². The summed E-state index contributed by atoms with van der Waals surface area (Å²) in [7, 11) is 0. The number of fused-ring (bicyclic) bond motifs is 1. The molecule has 3 rings (SSSR count). The van der Waals surface area contributed by atoms with Gasteiger partial charge < -0.3 is 9.73 Å². The van der Waals surface area contributed by atoms with Crippen molar-refractivity contribution in [3.05, 3.63) is 35.0 Å². The molecule has 2 aromatic rings. The first-order valence-electron chi connectivity index (χ1n) is 6.18. The van der Waals surface area contributed by atoms with Crippen LogP contribution in [0.5, 0.6) is 0 Å². The Kier molecular flexibility index (Phi) is 2.64. The van der Waals surface area contributed by atoms with Crippen LogP contribution in [-0.2, 0) is 5.54 Å². The average molecular weight is 250 g/mol. The van der Waals surface area contributed by atoms with E-state index in [9.17, 15) is 0 Å². The van der Waals surface area contributed by atoms with E-state index in [2.05, 4.69) is 18.3 Å². The topological polar surface area (TPSA) is 25.2 Å². The fourth-order valence-electron chi connectivity index (χ4n) is 2.74. The molecule has 1 N–H and O–H groups in total. The number of hydrogen-bond donors (Lipinski definition) is 1. The van der Waals surface area contributed by atoms with E-state index in [0.29, 0.717) is 0 Å². The van der Waals surface area contributed by atoms with Crippen molar-refractivity contribution in [1.29, 1.82) is 0 Å². The van der Waals surface area contributed by atoms with Gasteiger partial charge in [0.1, 0.15) is 11.3 Å². The molecular formula is C14H16ClNO. The van der Waals surface area contributed by atoms with Crippen LogP contribution >= 0.6 is 11.6 Å². The van der Waals surface area contributed by atoms with Gasteiger partial charge in [-0.05, 0) is 50.1 Å². The zero-order valence-corrected chi connectivity index (χ0v) is 10.7. The van der Waals surface area contributed by atoms with Crippen molar-refractivity contribution >= 4 is 22.6 Å². The van der Waals surface area contributed by atoms with E-state index in [-0.39, 0.29) is 5.54 Å². The third-order valence-electron chi connectivity index (χ3n) is 3.80. The summed E-state index contributed by atoms with van der Waals surface area (Å²) in [6.45, 7) is 3.28. The third-order valence-corrected chi connectivity index (χ3v) is 4.03. The predicted molar refractivity (Wildman–Crippen MR) is 70.4 cm³/mol. The standard InChI is InChI=1S/C14H16ClNO/c1-2-14(6-3-7-16-14)13-9-10-8-11(15)4-5-12(10)17-13/h4-5,8-9,16H,2-3,6-7H2,1H3. The van der Waals surface area contributed by atoms with Gasteiger partial charge in [0.2, 0.25) is 0 Å². The van der Waals surface area contributed by atoms with Crippen molar-refractivity contribution < 1.29 is 4.42 Å². The third kappa shape index (κ3) is 1.76. The fourth-order valence-corrected chi connectivity index (χ4v) is 2.92. The van der Waals surface area contributed by atoms with Crippen molar-refractivity contribution in [3.63, 3.8) is 0 Å². The van der Waals surface area contributed by atoms with Gasteiger partial charge in [-0.25, -0.2) is 0 Å². The number of benzene rings is 1. The van der Waals surface area contributed by atoms with Gasteiger partial charge >= 0.3 is 0 Å². The maximum atomic E-state index is 6.00. The van der Waals surface area contributed by atoms with Gasteiger partial charge in [0.15, 0.2) is 0 Å². The summed E-state index contributed by atoms with van der Waals surface area (Å²) < 4.78 is 5.98. The Labute approximate surface area is 106 Å². The molecule has 0 bridgehead atoms. The number of halogens is 1. The van der Waals surface area contributed by atoms with Gasteiger partial charge in [-0.2, -0.15) is 0 Å². The molecule has 1 aromatic carbocycles. The molecule has 90 valence electrons. The van der Waals surface area contributed by atoms with Gasteiger partial charge in [0.25, 0.3) is 0 Å². The molecule has 2 heterocycles. The molecule has 1 unspecified atom stereocenters. The van der Waals surface area contributed by atoms with E-state index in [0.717, 1.165) is 41.1 Å². The predicted octanol–water partition coefficient (Wildman–Crippen LogP) is 4.07. The Morgan fingerprint density at radius 1 is 1.41 bits per heavy atom. The van der Waals surface area contributed by atoms with Gasteiger partial charge in [0, 0.05) is 10.4 Å². The van der Waals surface area contributed by atoms with E-state index >= 15 is 0 Å². The van der Waals surface area contributed by atoms with E-state index in [4.69, 9.17) is 16.0 Å². The second-order valence-corrected chi connectivity index (χ2v) is 5.20. The van der Waals surface area contributed by atoms with Gasteiger partial charge in [-0.3, -0.25) is 0 Å². The minimum atomic E-state index is 0.0332. The summed E-state index contributed by atoms with van der Waals surface area (Å²) in [4.78, 5) is 0. The lowest BCUT2D eigenvalue weighted by atomic mass is 9.91. The number of hydrogen-bond acceptors (Lipinski definition) is 2. The minimum Gasteiger partial charge on any atom is -0.459 e. The smallest absolute Gasteiger partial charge is 0.134 e. The van der Waals surface area contributed by atoms with Crippen molar-refractivity contribution in [2.75, 3.05) is 6.54 Å². The van der Waals surface area contributed by atoms with Crippen LogP contribution in [0.3, 0.4) is 0 Å². The zero-order chi connectivity index (χ0) is 11.9. The summed E-state index contributed by atoms with van der Waals surface area (Å²) in [6, 6.07) is 7.91. The molecule has 0 amide bonds. The highest BCUT2D eigenvalue weighted by Crippen LogP contribution is 2.37. The maximum Gasteiger partial charge on any atom is 0.134 e. The second kappa shape index (κ2) is 4.04. The highest BCUT2D eigenvalue weighted by atomic mass is 35.5. The lowest BCUT2D eigenvalue weighted by Gasteiger charge is -2.25. The van der Waals surface area contributed by atoms with Crippen LogP contribution in [0.1, 0.15) is 31.9 Å². The number of rotatable bonds is 2. The van der Waals surface area contributed by atoms with Crippen molar-refractivity contribution in [2.24, 2.45) is 0 Å². The molecular weight excluding hydrogens is 234 g/mol. The molecule has 1 fully saturated rings. The Hall–Kier alpha value is -0.990. The zero-order valence-electron chi connectivity index (χ0n) is 9.92. The first-order chi connectivity index (χ1) is 8.23. The molecule has 2 nitrogen and oxygen atoms in total. The maximum absolute atomic E-state index is 6.00. The summed E-state index contributed by atoms with van der Waals surface area (Å²) in [6.07, 6.45) is 3.42.